The molecule has 1 aromatic rings. The van der Waals surface area contributed by atoms with E-state index in [2.05, 4.69) is 0 Å². The first kappa shape index (κ1) is 15.0. The van der Waals surface area contributed by atoms with Crippen molar-refractivity contribution in [3.05, 3.63) is 28.3 Å². The Balaban J connectivity index is 2.25. The molecular formula is C13H16N2O6. The highest BCUT2D eigenvalue weighted by molar-refractivity contribution is 5.74. The standard InChI is InChI=1S/C13H16N2O6/c1-2-20-11-7-9(3-4-10(11)15(18)19)14-5-6-21-12(8-14)13(16)17/h3-4,7,12H,2,5-6,8H2,1H3,(H,16,17). The number of hydrogen-bond donors (Lipinski definition) is 1. The smallest absolute Gasteiger partial charge is 0.334 e. The summed E-state index contributed by atoms with van der Waals surface area (Å²) in [5.74, 6) is -0.843. The number of rotatable bonds is 5. The number of carboxylic acid groups (broad SMARTS) is 1. The lowest BCUT2D eigenvalue weighted by Crippen LogP contribution is -2.46. The quantitative estimate of drug-likeness (QED) is 0.645. The molecule has 8 heteroatoms. The topological polar surface area (TPSA) is 102 Å². The number of carbonyl (C=O) groups is 1. The lowest BCUT2D eigenvalue weighted by Gasteiger charge is -2.32. The van der Waals surface area contributed by atoms with Gasteiger partial charge < -0.3 is 19.5 Å². The van der Waals surface area contributed by atoms with Gasteiger partial charge >= 0.3 is 11.7 Å². The molecule has 0 aromatic heterocycles. The zero-order valence-electron chi connectivity index (χ0n) is 11.5. The average Bonchev–Trinajstić information content (AvgIpc) is 2.47. The van der Waals surface area contributed by atoms with Gasteiger partial charge in [0, 0.05) is 24.4 Å². The minimum Gasteiger partial charge on any atom is -0.487 e. The second-order valence-corrected chi connectivity index (χ2v) is 4.49. The van der Waals surface area contributed by atoms with Crippen LogP contribution in [-0.4, -0.2) is 48.4 Å². The molecule has 1 fully saturated rings. The molecule has 114 valence electrons. The lowest BCUT2D eigenvalue weighted by molar-refractivity contribution is -0.385. The van der Waals surface area contributed by atoms with Crippen molar-refractivity contribution in [2.75, 3.05) is 31.2 Å². The molecule has 1 saturated heterocycles. The van der Waals surface area contributed by atoms with Crippen LogP contribution in [0, 0.1) is 10.1 Å². The molecule has 1 aliphatic rings. The van der Waals surface area contributed by atoms with E-state index >= 15 is 0 Å². The van der Waals surface area contributed by atoms with Gasteiger partial charge in [0.05, 0.1) is 24.7 Å². The van der Waals surface area contributed by atoms with E-state index in [4.69, 9.17) is 14.6 Å². The molecule has 0 radical (unpaired) electrons. The van der Waals surface area contributed by atoms with Gasteiger partial charge in [0.1, 0.15) is 0 Å². The molecule has 0 bridgehead atoms. The Kier molecular flexibility index (Phi) is 4.59. The number of aliphatic carboxylic acids is 1. The predicted molar refractivity (Wildman–Crippen MR) is 73.9 cm³/mol. The molecule has 0 aliphatic carbocycles. The van der Waals surface area contributed by atoms with Crippen LogP contribution in [0.4, 0.5) is 11.4 Å². The highest BCUT2D eigenvalue weighted by Gasteiger charge is 2.27. The number of ether oxygens (including phenoxy) is 2. The minimum atomic E-state index is -1.02. The number of nitro benzene ring substituents is 1. The molecule has 1 N–H and O–H groups in total. The first-order valence-corrected chi connectivity index (χ1v) is 6.53. The first-order valence-electron chi connectivity index (χ1n) is 6.53. The zero-order chi connectivity index (χ0) is 15.4. The van der Waals surface area contributed by atoms with Crippen LogP contribution in [0.5, 0.6) is 5.75 Å². The van der Waals surface area contributed by atoms with Crippen LogP contribution in [0.2, 0.25) is 0 Å². The van der Waals surface area contributed by atoms with E-state index in [1.54, 1.807) is 19.1 Å². The number of hydrogen-bond acceptors (Lipinski definition) is 6. The van der Waals surface area contributed by atoms with E-state index in [-0.39, 0.29) is 24.6 Å². The second kappa shape index (κ2) is 6.40. The number of benzene rings is 1. The van der Waals surface area contributed by atoms with Crippen LogP contribution in [0.25, 0.3) is 0 Å². The molecule has 0 spiro atoms. The normalized spacial score (nSPS) is 18.3. The molecule has 8 nitrogen and oxygen atoms in total. The maximum Gasteiger partial charge on any atom is 0.334 e. The van der Waals surface area contributed by atoms with E-state index in [1.165, 1.54) is 6.07 Å². The average molecular weight is 296 g/mol. The number of carboxylic acids is 1. The Morgan fingerprint density at radius 1 is 1.62 bits per heavy atom. The van der Waals surface area contributed by atoms with E-state index < -0.39 is 17.0 Å². The van der Waals surface area contributed by atoms with E-state index in [0.717, 1.165) is 0 Å². The fraction of sp³-hybridized carbons (Fsp3) is 0.462. The molecular weight excluding hydrogens is 280 g/mol. The van der Waals surface area contributed by atoms with Crippen molar-refractivity contribution in [1.29, 1.82) is 0 Å². The Hall–Kier alpha value is -2.35. The van der Waals surface area contributed by atoms with Gasteiger partial charge in [-0.2, -0.15) is 0 Å². The summed E-state index contributed by atoms with van der Waals surface area (Å²) in [7, 11) is 0. The summed E-state index contributed by atoms with van der Waals surface area (Å²) >= 11 is 0. The molecule has 21 heavy (non-hydrogen) atoms. The Morgan fingerprint density at radius 2 is 2.38 bits per heavy atom. The maximum absolute atomic E-state index is 11.0. The van der Waals surface area contributed by atoms with Crippen molar-refractivity contribution in [2.24, 2.45) is 0 Å². The Bertz CT molecular complexity index is 547. The number of nitrogens with zero attached hydrogens (tertiary/aromatic N) is 2. The molecule has 0 amide bonds. The maximum atomic E-state index is 11.0. The Labute approximate surface area is 121 Å². The number of nitro groups is 1. The van der Waals surface area contributed by atoms with E-state index in [9.17, 15) is 14.9 Å². The fourth-order valence-corrected chi connectivity index (χ4v) is 2.15. The summed E-state index contributed by atoms with van der Waals surface area (Å²) in [6.07, 6.45) is -0.899. The monoisotopic (exact) mass is 296 g/mol. The van der Waals surface area contributed by atoms with Crippen molar-refractivity contribution in [3.8, 4) is 5.75 Å². The second-order valence-electron chi connectivity index (χ2n) is 4.49. The third kappa shape index (κ3) is 3.40. The van der Waals surface area contributed by atoms with Crippen molar-refractivity contribution >= 4 is 17.3 Å². The number of morpholine rings is 1. The summed E-state index contributed by atoms with van der Waals surface area (Å²) in [6, 6.07) is 4.52. The van der Waals surface area contributed by atoms with Crippen molar-refractivity contribution in [1.82, 2.24) is 0 Å². The van der Waals surface area contributed by atoms with Crippen LogP contribution in [0.15, 0.2) is 18.2 Å². The third-order valence-corrected chi connectivity index (χ3v) is 3.15. The van der Waals surface area contributed by atoms with Crippen molar-refractivity contribution in [3.63, 3.8) is 0 Å². The summed E-state index contributed by atoms with van der Waals surface area (Å²) in [4.78, 5) is 23.2. The lowest BCUT2D eigenvalue weighted by atomic mass is 10.2. The first-order chi connectivity index (χ1) is 10.0. The van der Waals surface area contributed by atoms with Gasteiger partial charge in [-0.25, -0.2) is 4.79 Å². The third-order valence-electron chi connectivity index (χ3n) is 3.15. The molecule has 2 rings (SSSR count). The van der Waals surface area contributed by atoms with Gasteiger partial charge in [0.2, 0.25) is 0 Å². The summed E-state index contributed by atoms with van der Waals surface area (Å²) in [5, 5.41) is 19.9. The van der Waals surface area contributed by atoms with Gasteiger partial charge in [0.15, 0.2) is 11.9 Å². The van der Waals surface area contributed by atoms with Gasteiger partial charge in [-0.05, 0) is 13.0 Å². The molecule has 1 aromatic carbocycles. The van der Waals surface area contributed by atoms with Gasteiger partial charge in [0.25, 0.3) is 0 Å². The molecule has 1 unspecified atom stereocenters. The molecule has 1 aliphatic heterocycles. The van der Waals surface area contributed by atoms with Crippen LogP contribution >= 0.6 is 0 Å². The van der Waals surface area contributed by atoms with Gasteiger partial charge in [-0.1, -0.05) is 0 Å². The highest BCUT2D eigenvalue weighted by atomic mass is 16.6. The minimum absolute atomic E-state index is 0.108. The van der Waals surface area contributed by atoms with Crippen LogP contribution in [0.1, 0.15) is 6.92 Å². The van der Waals surface area contributed by atoms with Crippen molar-refractivity contribution < 1.29 is 24.3 Å². The van der Waals surface area contributed by atoms with Gasteiger partial charge in [-0.3, -0.25) is 10.1 Å². The zero-order valence-corrected chi connectivity index (χ0v) is 11.5. The Morgan fingerprint density at radius 3 is 3.00 bits per heavy atom. The SMILES string of the molecule is CCOc1cc(N2CCOC(C(=O)O)C2)ccc1[N+](=O)[O-]. The number of anilines is 1. The molecule has 0 saturated carbocycles. The predicted octanol–water partition coefficient (Wildman–Crippen LogP) is 1.28. The van der Waals surface area contributed by atoms with Crippen molar-refractivity contribution in [2.45, 2.75) is 13.0 Å². The van der Waals surface area contributed by atoms with Gasteiger partial charge in [-0.15, -0.1) is 0 Å². The van der Waals surface area contributed by atoms with Crippen LogP contribution in [0.3, 0.4) is 0 Å². The summed E-state index contributed by atoms with van der Waals surface area (Å²) in [5.41, 5.74) is 0.572. The van der Waals surface area contributed by atoms with Crippen LogP contribution in [-0.2, 0) is 9.53 Å². The van der Waals surface area contributed by atoms with E-state index in [0.29, 0.717) is 18.8 Å². The molecule has 1 heterocycles. The summed E-state index contributed by atoms with van der Waals surface area (Å²) in [6.45, 7) is 3.06. The van der Waals surface area contributed by atoms with E-state index in [1.807, 2.05) is 4.90 Å². The highest BCUT2D eigenvalue weighted by Crippen LogP contribution is 2.32. The summed E-state index contributed by atoms with van der Waals surface area (Å²) < 4.78 is 10.4. The van der Waals surface area contributed by atoms with Crippen LogP contribution < -0.4 is 9.64 Å². The molecule has 1 atom stereocenters. The fourth-order valence-electron chi connectivity index (χ4n) is 2.15. The largest absolute Gasteiger partial charge is 0.487 e.